The Hall–Kier alpha value is -2.42. The summed E-state index contributed by atoms with van der Waals surface area (Å²) in [6, 6.07) is 13.9. The summed E-state index contributed by atoms with van der Waals surface area (Å²) in [6.45, 7) is 0. The molecule has 0 saturated heterocycles. The number of hydrogen-bond acceptors (Lipinski definition) is 2. The Bertz CT molecular complexity index is 789. The highest BCUT2D eigenvalue weighted by Gasteiger charge is 2.06. The number of fused-ring (bicyclic) bond motifs is 2. The molecule has 0 atom stereocenters. The molecule has 82 valence electrons. The van der Waals surface area contributed by atoms with Crippen LogP contribution in [0.3, 0.4) is 0 Å². The molecule has 1 aromatic carbocycles. The first-order valence-electron chi connectivity index (χ1n) is 5.31. The normalized spacial score (nSPS) is 10.8. The van der Waals surface area contributed by atoms with Crippen molar-refractivity contribution in [2.45, 2.75) is 0 Å². The highest BCUT2D eigenvalue weighted by atomic mass is 16.1. The molecule has 1 aromatic rings. The minimum Gasteiger partial charge on any atom is -0.321 e. The molecule has 0 unspecified atom stereocenters. The van der Waals surface area contributed by atoms with E-state index < -0.39 is 0 Å². The summed E-state index contributed by atoms with van der Waals surface area (Å²) in [4.78, 5) is 26.4. The molecule has 0 fully saturated rings. The number of aromatic amines is 1. The molecular weight excluding hydrogens is 214 g/mol. The maximum atomic E-state index is 11.9. The van der Waals surface area contributed by atoms with Crippen molar-refractivity contribution in [1.29, 1.82) is 0 Å². The van der Waals surface area contributed by atoms with Crippen LogP contribution < -0.4 is 11.0 Å². The summed E-state index contributed by atoms with van der Waals surface area (Å²) in [7, 11) is 0. The Labute approximate surface area is 96.7 Å². The molecule has 0 aromatic heterocycles. The lowest BCUT2D eigenvalue weighted by atomic mass is 10.1. The smallest absolute Gasteiger partial charge is 0.256 e. The predicted octanol–water partition coefficient (Wildman–Crippen LogP) is 1.99. The summed E-state index contributed by atoms with van der Waals surface area (Å²) in [5.74, 6) is 0. The van der Waals surface area contributed by atoms with Gasteiger partial charge in [0.05, 0.1) is 5.69 Å². The maximum absolute atomic E-state index is 11.9. The zero-order chi connectivity index (χ0) is 11.8. The largest absolute Gasteiger partial charge is 0.321 e. The van der Waals surface area contributed by atoms with Crippen molar-refractivity contribution >= 4 is 10.8 Å². The molecule has 3 rings (SSSR count). The lowest BCUT2D eigenvalue weighted by Gasteiger charge is -1.96. The van der Waals surface area contributed by atoms with Crippen LogP contribution in [0.1, 0.15) is 0 Å². The van der Waals surface area contributed by atoms with Crippen LogP contribution in [0, 0.1) is 0 Å². The summed E-state index contributed by atoms with van der Waals surface area (Å²) < 4.78 is 0. The Kier molecular flexibility index (Phi) is 2.05. The number of H-pyrrole nitrogens is 1. The van der Waals surface area contributed by atoms with Gasteiger partial charge in [-0.3, -0.25) is 9.59 Å². The van der Waals surface area contributed by atoms with E-state index in [4.69, 9.17) is 0 Å². The minimum atomic E-state index is -0.179. The van der Waals surface area contributed by atoms with Crippen LogP contribution in [-0.2, 0) is 0 Å². The van der Waals surface area contributed by atoms with Gasteiger partial charge in [-0.2, -0.15) is 0 Å². The van der Waals surface area contributed by atoms with Gasteiger partial charge in [0.15, 0.2) is 5.43 Å². The fourth-order valence-electron chi connectivity index (χ4n) is 1.98. The van der Waals surface area contributed by atoms with E-state index in [2.05, 4.69) is 4.98 Å². The van der Waals surface area contributed by atoms with E-state index in [-0.39, 0.29) is 11.0 Å². The van der Waals surface area contributed by atoms with Crippen molar-refractivity contribution in [3.8, 4) is 11.3 Å². The molecule has 0 amide bonds. The van der Waals surface area contributed by atoms with Gasteiger partial charge < -0.3 is 4.98 Å². The SMILES string of the molecule is O=c1cccc2[nH]c(=O)c3ccccc3cc1-2. The molecule has 1 aliphatic carbocycles. The molecule has 1 N–H and O–H groups in total. The molecular formula is C14H9NO2. The second-order valence-electron chi connectivity index (χ2n) is 3.90. The highest BCUT2D eigenvalue weighted by molar-refractivity contribution is 5.84. The Morgan fingerprint density at radius 3 is 2.59 bits per heavy atom. The van der Waals surface area contributed by atoms with Gasteiger partial charge in [0.1, 0.15) is 0 Å². The van der Waals surface area contributed by atoms with Crippen molar-refractivity contribution in [3.63, 3.8) is 0 Å². The molecule has 17 heavy (non-hydrogen) atoms. The third kappa shape index (κ3) is 1.52. The molecule has 0 radical (unpaired) electrons. The molecule has 3 heteroatoms. The molecule has 1 heterocycles. The summed E-state index contributed by atoms with van der Waals surface area (Å²) in [6.07, 6.45) is 0. The number of hydrogen-bond donors (Lipinski definition) is 1. The number of benzene rings is 2. The van der Waals surface area contributed by atoms with Gasteiger partial charge in [-0.25, -0.2) is 0 Å². The first kappa shape index (κ1) is 9.78. The van der Waals surface area contributed by atoms with Crippen LogP contribution in [0.15, 0.2) is 58.1 Å². The van der Waals surface area contributed by atoms with Crippen molar-refractivity contribution in [1.82, 2.24) is 4.98 Å². The number of rotatable bonds is 0. The van der Waals surface area contributed by atoms with Crippen LogP contribution in [-0.4, -0.2) is 4.98 Å². The van der Waals surface area contributed by atoms with Gasteiger partial charge in [0.2, 0.25) is 0 Å². The second kappa shape index (κ2) is 3.56. The van der Waals surface area contributed by atoms with E-state index in [9.17, 15) is 9.59 Å². The summed E-state index contributed by atoms with van der Waals surface area (Å²) in [5, 5.41) is 1.36. The third-order valence-electron chi connectivity index (χ3n) is 2.82. The van der Waals surface area contributed by atoms with Crippen molar-refractivity contribution in [3.05, 3.63) is 69.1 Å². The standard InChI is InChI=1S/C14H9NO2/c16-13-7-3-6-12-11(13)8-9-4-1-2-5-10(9)14(17)15-12/h1-8H,(H,15,17). The first-order chi connectivity index (χ1) is 8.25. The van der Waals surface area contributed by atoms with Crippen LogP contribution in [0.4, 0.5) is 0 Å². The lowest BCUT2D eigenvalue weighted by Crippen LogP contribution is -2.06. The Balaban J connectivity index is 2.64. The van der Waals surface area contributed by atoms with Gasteiger partial charge in [-0.1, -0.05) is 24.3 Å². The fraction of sp³-hybridized carbons (Fsp3) is 0. The van der Waals surface area contributed by atoms with E-state index in [0.717, 1.165) is 5.39 Å². The summed E-state index contributed by atoms with van der Waals surface area (Å²) >= 11 is 0. The van der Waals surface area contributed by atoms with Gasteiger partial charge in [-0.05, 0) is 29.7 Å². The van der Waals surface area contributed by atoms with E-state index >= 15 is 0 Å². The van der Waals surface area contributed by atoms with Crippen LogP contribution >= 0.6 is 0 Å². The topological polar surface area (TPSA) is 49.9 Å². The molecule has 0 bridgehead atoms. The van der Waals surface area contributed by atoms with Crippen molar-refractivity contribution in [2.75, 3.05) is 0 Å². The monoisotopic (exact) mass is 223 g/mol. The number of aromatic nitrogens is 1. The average Bonchev–Trinajstić information content (AvgIpc) is 2.47. The second-order valence-corrected chi connectivity index (χ2v) is 3.90. The van der Waals surface area contributed by atoms with E-state index in [1.54, 1.807) is 30.3 Å². The van der Waals surface area contributed by atoms with E-state index in [1.165, 1.54) is 6.07 Å². The molecule has 0 spiro atoms. The van der Waals surface area contributed by atoms with Gasteiger partial charge in [0.25, 0.3) is 5.56 Å². The van der Waals surface area contributed by atoms with E-state index in [1.807, 2.05) is 12.1 Å². The molecule has 2 aliphatic rings. The fourth-order valence-corrected chi connectivity index (χ4v) is 1.98. The maximum Gasteiger partial charge on any atom is 0.256 e. The van der Waals surface area contributed by atoms with Crippen LogP contribution in [0.25, 0.3) is 22.0 Å². The minimum absolute atomic E-state index is 0.0838. The van der Waals surface area contributed by atoms with Gasteiger partial charge in [-0.15, -0.1) is 0 Å². The first-order valence-corrected chi connectivity index (χ1v) is 5.31. The van der Waals surface area contributed by atoms with Crippen LogP contribution in [0.2, 0.25) is 0 Å². The molecule has 0 saturated carbocycles. The molecule has 1 aliphatic heterocycles. The Morgan fingerprint density at radius 1 is 0.882 bits per heavy atom. The van der Waals surface area contributed by atoms with Crippen LogP contribution in [0.5, 0.6) is 0 Å². The average molecular weight is 223 g/mol. The predicted molar refractivity (Wildman–Crippen MR) is 67.5 cm³/mol. The zero-order valence-electron chi connectivity index (χ0n) is 8.94. The molecule has 3 nitrogen and oxygen atoms in total. The van der Waals surface area contributed by atoms with Crippen molar-refractivity contribution in [2.24, 2.45) is 0 Å². The third-order valence-corrected chi connectivity index (χ3v) is 2.82. The zero-order valence-corrected chi connectivity index (χ0v) is 8.94. The number of nitrogens with one attached hydrogen (secondary N) is 1. The van der Waals surface area contributed by atoms with Gasteiger partial charge >= 0.3 is 0 Å². The van der Waals surface area contributed by atoms with Crippen molar-refractivity contribution < 1.29 is 0 Å². The van der Waals surface area contributed by atoms with E-state index in [0.29, 0.717) is 16.6 Å². The van der Waals surface area contributed by atoms with Gasteiger partial charge in [0, 0.05) is 10.9 Å². The quantitative estimate of drug-likeness (QED) is 0.633. The summed E-state index contributed by atoms with van der Waals surface area (Å²) in [5.41, 5.74) is 0.838. The Morgan fingerprint density at radius 2 is 1.71 bits per heavy atom. The lowest BCUT2D eigenvalue weighted by molar-refractivity contribution is 1.28. The highest BCUT2D eigenvalue weighted by Crippen LogP contribution is 2.16.